The van der Waals surface area contributed by atoms with Crippen molar-refractivity contribution in [3.05, 3.63) is 93.5 Å². The summed E-state index contributed by atoms with van der Waals surface area (Å²) in [5.41, 5.74) is 1.77. The maximum absolute atomic E-state index is 12.9. The lowest BCUT2D eigenvalue weighted by molar-refractivity contribution is 0.437. The molecule has 26 heavy (non-hydrogen) atoms. The Balaban J connectivity index is 1.67. The van der Waals surface area contributed by atoms with Gasteiger partial charge in [-0.2, -0.15) is 4.98 Å². The number of benzene rings is 2. The number of rotatable bonds is 6. The summed E-state index contributed by atoms with van der Waals surface area (Å²) >= 11 is 1.27. The lowest BCUT2D eigenvalue weighted by Crippen LogP contribution is -2.14. The van der Waals surface area contributed by atoms with Gasteiger partial charge in [-0.3, -0.25) is 4.79 Å². The van der Waals surface area contributed by atoms with Crippen LogP contribution in [0.15, 0.2) is 70.6 Å². The van der Waals surface area contributed by atoms with Crippen LogP contribution in [0.3, 0.4) is 0 Å². The molecule has 0 radical (unpaired) electrons. The van der Waals surface area contributed by atoms with Crippen molar-refractivity contribution < 1.29 is 9.50 Å². The Morgan fingerprint density at radius 1 is 1.12 bits per heavy atom. The predicted octanol–water partition coefficient (Wildman–Crippen LogP) is 4.16. The van der Waals surface area contributed by atoms with Gasteiger partial charge in [-0.25, -0.2) is 4.39 Å². The summed E-state index contributed by atoms with van der Waals surface area (Å²) in [5, 5.41) is 10.4. The molecule has 3 rings (SSSR count). The molecule has 0 atom stereocenters. The average molecular weight is 368 g/mol. The fraction of sp³-hybridized carbons (Fsp3) is 0.100. The van der Waals surface area contributed by atoms with E-state index >= 15 is 0 Å². The van der Waals surface area contributed by atoms with Crippen LogP contribution in [-0.2, 0) is 12.2 Å². The minimum atomic E-state index is -0.364. The number of halogens is 1. The monoisotopic (exact) mass is 368 g/mol. The quantitative estimate of drug-likeness (QED) is 0.506. The third-order valence-electron chi connectivity index (χ3n) is 3.69. The van der Waals surface area contributed by atoms with Gasteiger partial charge in [0.2, 0.25) is 5.88 Å². The molecule has 0 aliphatic heterocycles. The molecule has 0 saturated carbocycles. The van der Waals surface area contributed by atoms with Crippen LogP contribution in [0.4, 0.5) is 4.39 Å². The van der Waals surface area contributed by atoms with E-state index in [2.05, 4.69) is 9.97 Å². The first-order valence-electron chi connectivity index (χ1n) is 8.03. The molecule has 0 amide bonds. The number of nitrogens with zero attached hydrogens (tertiary/aromatic N) is 1. The van der Waals surface area contributed by atoms with Crippen molar-refractivity contribution in [1.29, 1.82) is 0 Å². The van der Waals surface area contributed by atoms with E-state index < -0.39 is 0 Å². The lowest BCUT2D eigenvalue weighted by atomic mass is 10.1. The Hall–Kier alpha value is -2.86. The largest absolute Gasteiger partial charge is 0.493 e. The predicted molar refractivity (Wildman–Crippen MR) is 102 cm³/mol. The van der Waals surface area contributed by atoms with Gasteiger partial charge in [0.15, 0.2) is 5.16 Å². The summed E-state index contributed by atoms with van der Waals surface area (Å²) in [6.45, 7) is 0. The number of thioether (sulfide) groups is 1. The molecule has 0 saturated heterocycles. The zero-order valence-corrected chi connectivity index (χ0v) is 14.7. The minimum absolute atomic E-state index is 0.225. The number of hydrogen-bond donors (Lipinski definition) is 2. The van der Waals surface area contributed by atoms with Gasteiger partial charge in [0.05, 0.1) is 5.56 Å². The zero-order valence-electron chi connectivity index (χ0n) is 13.9. The van der Waals surface area contributed by atoms with Crippen LogP contribution < -0.4 is 5.56 Å². The van der Waals surface area contributed by atoms with Gasteiger partial charge >= 0.3 is 0 Å². The van der Waals surface area contributed by atoms with E-state index in [1.807, 2.05) is 42.5 Å². The topological polar surface area (TPSA) is 66.0 Å². The summed E-state index contributed by atoms with van der Waals surface area (Å²) < 4.78 is 12.9. The highest BCUT2D eigenvalue weighted by molar-refractivity contribution is 7.98. The van der Waals surface area contributed by atoms with Gasteiger partial charge in [-0.05, 0) is 23.3 Å². The molecule has 3 aromatic rings. The van der Waals surface area contributed by atoms with Crippen LogP contribution in [-0.4, -0.2) is 15.1 Å². The molecule has 4 nitrogen and oxygen atoms in total. The molecule has 0 aliphatic rings. The van der Waals surface area contributed by atoms with Crippen molar-refractivity contribution in [3.8, 4) is 5.88 Å². The Morgan fingerprint density at radius 2 is 1.85 bits per heavy atom. The third-order valence-corrected chi connectivity index (χ3v) is 4.64. The van der Waals surface area contributed by atoms with Crippen molar-refractivity contribution in [2.75, 3.05) is 0 Å². The molecule has 0 unspecified atom stereocenters. The summed E-state index contributed by atoms with van der Waals surface area (Å²) in [6, 6.07) is 15.8. The summed E-state index contributed by atoms with van der Waals surface area (Å²) in [5.74, 6) is -0.0560. The van der Waals surface area contributed by atoms with E-state index in [1.54, 1.807) is 12.1 Å². The van der Waals surface area contributed by atoms with Gasteiger partial charge in [0.1, 0.15) is 5.82 Å². The summed E-state index contributed by atoms with van der Waals surface area (Å²) in [6.07, 6.45) is 3.98. The number of H-pyrrole nitrogens is 1. The van der Waals surface area contributed by atoms with E-state index in [-0.39, 0.29) is 29.2 Å². The van der Waals surface area contributed by atoms with Gasteiger partial charge in [-0.1, -0.05) is 66.4 Å². The Kier molecular flexibility index (Phi) is 5.86. The molecule has 0 aliphatic carbocycles. The lowest BCUT2D eigenvalue weighted by Gasteiger charge is -2.05. The maximum Gasteiger partial charge on any atom is 0.258 e. The molecule has 1 aromatic heterocycles. The second kappa shape index (κ2) is 8.49. The van der Waals surface area contributed by atoms with E-state index in [1.165, 1.54) is 23.9 Å². The maximum atomic E-state index is 12.9. The molecule has 2 N–H and O–H groups in total. The molecule has 132 valence electrons. The van der Waals surface area contributed by atoms with Crippen LogP contribution in [0.2, 0.25) is 0 Å². The Labute approximate surface area is 154 Å². The first-order chi connectivity index (χ1) is 12.6. The number of hydrogen-bond acceptors (Lipinski definition) is 4. The van der Waals surface area contributed by atoms with E-state index in [4.69, 9.17) is 0 Å². The van der Waals surface area contributed by atoms with Crippen LogP contribution in [0.25, 0.3) is 6.08 Å². The standard InChI is InChI=1S/C20H17FN2O2S/c21-16-11-9-15(10-12-16)13-26-20-22-18(24)17(19(25)23-20)8-4-7-14-5-2-1-3-6-14/h1-7,9-12H,8,13H2,(H2,22,23,24,25)/b7-4+. The molecule has 1 heterocycles. The molecular formula is C20H17FN2O2S. The van der Waals surface area contributed by atoms with E-state index in [0.29, 0.717) is 10.9 Å². The molecule has 0 bridgehead atoms. The van der Waals surface area contributed by atoms with Gasteiger partial charge in [0.25, 0.3) is 5.56 Å². The third kappa shape index (κ3) is 4.83. The fourth-order valence-electron chi connectivity index (χ4n) is 2.33. The Morgan fingerprint density at radius 3 is 2.54 bits per heavy atom. The normalized spacial score (nSPS) is 11.1. The first-order valence-corrected chi connectivity index (χ1v) is 9.01. The van der Waals surface area contributed by atoms with Crippen molar-refractivity contribution >= 4 is 17.8 Å². The molecular weight excluding hydrogens is 351 g/mol. The van der Waals surface area contributed by atoms with Crippen LogP contribution in [0, 0.1) is 5.82 Å². The smallest absolute Gasteiger partial charge is 0.258 e. The zero-order chi connectivity index (χ0) is 18.4. The molecule has 0 spiro atoms. The van der Waals surface area contributed by atoms with Crippen LogP contribution in [0.1, 0.15) is 16.7 Å². The fourth-order valence-corrected chi connectivity index (χ4v) is 3.14. The number of allylic oxidation sites excluding steroid dienone is 1. The Bertz CT molecular complexity index is 954. The average Bonchev–Trinajstić information content (AvgIpc) is 2.64. The number of aromatic amines is 1. The highest BCUT2D eigenvalue weighted by Gasteiger charge is 2.10. The molecule has 0 fully saturated rings. The highest BCUT2D eigenvalue weighted by atomic mass is 32.2. The highest BCUT2D eigenvalue weighted by Crippen LogP contribution is 2.21. The summed E-state index contributed by atoms with van der Waals surface area (Å²) in [4.78, 5) is 18.9. The number of aromatic nitrogens is 2. The van der Waals surface area contributed by atoms with Crippen molar-refractivity contribution in [3.63, 3.8) is 0 Å². The van der Waals surface area contributed by atoms with Crippen molar-refractivity contribution in [2.24, 2.45) is 0 Å². The van der Waals surface area contributed by atoms with E-state index in [0.717, 1.165) is 11.1 Å². The number of aromatic hydroxyl groups is 1. The first kappa shape index (κ1) is 17.9. The van der Waals surface area contributed by atoms with Crippen LogP contribution >= 0.6 is 11.8 Å². The number of nitrogens with one attached hydrogen (secondary N) is 1. The SMILES string of the molecule is O=c1[nH]c(SCc2ccc(F)cc2)nc(O)c1C/C=C/c1ccccc1. The minimum Gasteiger partial charge on any atom is -0.493 e. The molecule has 2 aromatic carbocycles. The van der Waals surface area contributed by atoms with Crippen LogP contribution in [0.5, 0.6) is 5.88 Å². The van der Waals surface area contributed by atoms with E-state index in [9.17, 15) is 14.3 Å². The second-order valence-corrected chi connectivity index (χ2v) is 6.57. The molecule has 6 heteroatoms. The second-order valence-electron chi connectivity index (χ2n) is 5.61. The van der Waals surface area contributed by atoms with Gasteiger partial charge in [-0.15, -0.1) is 0 Å². The van der Waals surface area contributed by atoms with Crippen molar-refractivity contribution in [2.45, 2.75) is 17.3 Å². The van der Waals surface area contributed by atoms with Gasteiger partial charge in [0, 0.05) is 12.2 Å². The van der Waals surface area contributed by atoms with Crippen molar-refractivity contribution in [1.82, 2.24) is 9.97 Å². The summed E-state index contributed by atoms with van der Waals surface area (Å²) in [7, 11) is 0. The van der Waals surface area contributed by atoms with Gasteiger partial charge < -0.3 is 10.1 Å².